The second-order valence-corrected chi connectivity index (χ2v) is 8.99. The van der Waals surface area contributed by atoms with Gasteiger partial charge in [-0.25, -0.2) is 4.79 Å². The van der Waals surface area contributed by atoms with Gasteiger partial charge in [0.05, 0.1) is 4.88 Å². The van der Waals surface area contributed by atoms with E-state index in [0.29, 0.717) is 5.41 Å². The molecule has 2 aliphatic heterocycles. The average Bonchev–Trinajstić information content (AvgIpc) is 3.13. The van der Waals surface area contributed by atoms with Crippen molar-refractivity contribution in [1.29, 1.82) is 0 Å². The molecule has 3 fully saturated rings. The topological polar surface area (TPSA) is 60.9 Å². The Morgan fingerprint density at radius 1 is 1.21 bits per heavy atom. The Kier molecular flexibility index (Phi) is 6.34. The zero-order chi connectivity index (χ0) is 20.4. The van der Waals surface area contributed by atoms with Crippen molar-refractivity contribution in [1.82, 2.24) is 9.80 Å². The highest BCUT2D eigenvalue weighted by atomic mass is 32.1. The van der Waals surface area contributed by atoms with Crippen molar-refractivity contribution < 1.29 is 27.9 Å². The molecule has 9 heteroatoms. The second kappa shape index (κ2) is 8.41. The third-order valence-corrected chi connectivity index (χ3v) is 6.51. The number of carboxylic acids is 1. The van der Waals surface area contributed by atoms with Crippen LogP contribution in [0.2, 0.25) is 0 Å². The minimum absolute atomic E-state index is 0.254. The molecule has 0 aromatic carbocycles. The van der Waals surface area contributed by atoms with Gasteiger partial charge in [-0.3, -0.25) is 4.79 Å². The van der Waals surface area contributed by atoms with Crippen LogP contribution in [-0.4, -0.2) is 65.7 Å². The molecule has 1 aromatic heterocycles. The first-order valence-electron chi connectivity index (χ1n) is 9.54. The number of halogens is 3. The average molecular weight is 418 g/mol. The number of hydrogen-bond acceptors (Lipinski definition) is 4. The third kappa shape index (κ3) is 5.47. The van der Waals surface area contributed by atoms with Gasteiger partial charge in [-0.1, -0.05) is 6.07 Å². The van der Waals surface area contributed by atoms with Gasteiger partial charge in [0, 0.05) is 31.6 Å². The van der Waals surface area contributed by atoms with Gasteiger partial charge in [0.15, 0.2) is 0 Å². The highest BCUT2D eigenvalue weighted by Gasteiger charge is 2.43. The summed E-state index contributed by atoms with van der Waals surface area (Å²) in [6.45, 7) is 5.70. The Morgan fingerprint density at radius 3 is 2.50 bits per heavy atom. The van der Waals surface area contributed by atoms with Gasteiger partial charge in [-0.05, 0) is 56.0 Å². The van der Waals surface area contributed by atoms with E-state index in [2.05, 4.69) is 9.80 Å². The number of likely N-dealkylation sites (tertiary alicyclic amines) is 2. The zero-order valence-corrected chi connectivity index (χ0v) is 16.4. The summed E-state index contributed by atoms with van der Waals surface area (Å²) in [6.07, 6.45) is 1.56. The van der Waals surface area contributed by atoms with Crippen molar-refractivity contribution in [2.75, 3.05) is 32.7 Å². The lowest BCUT2D eigenvalue weighted by atomic mass is 9.79. The molecule has 1 spiro atoms. The Morgan fingerprint density at radius 2 is 1.93 bits per heavy atom. The summed E-state index contributed by atoms with van der Waals surface area (Å²) in [5, 5.41) is 9.12. The van der Waals surface area contributed by atoms with E-state index in [1.807, 2.05) is 17.5 Å². The molecule has 5 nitrogen and oxygen atoms in total. The first kappa shape index (κ1) is 21.1. The number of aliphatic carboxylic acids is 1. The maximum absolute atomic E-state index is 12.6. The lowest BCUT2D eigenvalue weighted by Crippen LogP contribution is -2.47. The fraction of sp³-hybridized carbons (Fsp3) is 0.684. The molecule has 1 saturated carbocycles. The Bertz CT molecular complexity index is 691. The Balaban J connectivity index is 0.000000279. The predicted molar refractivity (Wildman–Crippen MR) is 99.4 cm³/mol. The zero-order valence-electron chi connectivity index (χ0n) is 15.6. The van der Waals surface area contributed by atoms with Crippen LogP contribution in [0.3, 0.4) is 0 Å². The smallest absolute Gasteiger partial charge is 0.475 e. The fourth-order valence-electron chi connectivity index (χ4n) is 4.12. The minimum Gasteiger partial charge on any atom is -0.475 e. The largest absolute Gasteiger partial charge is 0.490 e. The molecule has 1 aliphatic carbocycles. The van der Waals surface area contributed by atoms with E-state index in [4.69, 9.17) is 9.90 Å². The summed E-state index contributed by atoms with van der Waals surface area (Å²) >= 11 is 1.57. The van der Waals surface area contributed by atoms with Crippen LogP contribution in [0, 0.1) is 11.3 Å². The number of rotatable bonds is 3. The van der Waals surface area contributed by atoms with Crippen molar-refractivity contribution in [3.05, 3.63) is 22.4 Å². The maximum Gasteiger partial charge on any atom is 0.490 e. The summed E-state index contributed by atoms with van der Waals surface area (Å²) in [6, 6.07) is 3.94. The molecule has 1 atom stereocenters. The molecule has 28 heavy (non-hydrogen) atoms. The van der Waals surface area contributed by atoms with Crippen LogP contribution in [-0.2, 0) is 4.79 Å². The van der Waals surface area contributed by atoms with Crippen LogP contribution in [0.25, 0.3) is 0 Å². The van der Waals surface area contributed by atoms with Crippen LogP contribution < -0.4 is 0 Å². The molecular weight excluding hydrogens is 393 g/mol. The Hall–Kier alpha value is -1.61. The Labute approximate surface area is 166 Å². The molecule has 3 heterocycles. The molecule has 1 aromatic rings. The van der Waals surface area contributed by atoms with Gasteiger partial charge in [0.25, 0.3) is 5.91 Å². The second-order valence-electron chi connectivity index (χ2n) is 8.04. The standard InChI is InChI=1S/C17H24N2OS.C2HF3O2/c20-16(15-3-1-10-21-15)19-8-2-6-17(13-19)7-9-18(12-17)11-14-4-5-14;3-2(4,5)1(6)7/h1,3,10,14H,2,4-9,11-13H2;(H,6,7). The maximum atomic E-state index is 12.6. The molecule has 1 N–H and O–H groups in total. The van der Waals surface area contributed by atoms with Gasteiger partial charge in [-0.15, -0.1) is 11.3 Å². The van der Waals surface area contributed by atoms with Crippen LogP contribution in [0.4, 0.5) is 13.2 Å². The first-order valence-corrected chi connectivity index (χ1v) is 10.4. The number of amides is 1. The highest BCUT2D eigenvalue weighted by Crippen LogP contribution is 2.41. The number of carboxylic acid groups (broad SMARTS) is 1. The molecule has 0 radical (unpaired) electrons. The van der Waals surface area contributed by atoms with E-state index >= 15 is 0 Å². The monoisotopic (exact) mass is 418 g/mol. The van der Waals surface area contributed by atoms with E-state index in [0.717, 1.165) is 23.9 Å². The molecule has 2 saturated heterocycles. The molecule has 4 rings (SSSR count). The van der Waals surface area contributed by atoms with Crippen molar-refractivity contribution >= 4 is 23.2 Å². The van der Waals surface area contributed by atoms with E-state index < -0.39 is 12.1 Å². The van der Waals surface area contributed by atoms with Crippen LogP contribution >= 0.6 is 11.3 Å². The van der Waals surface area contributed by atoms with E-state index in [1.165, 1.54) is 51.7 Å². The van der Waals surface area contributed by atoms with Crippen LogP contribution in [0.5, 0.6) is 0 Å². The summed E-state index contributed by atoms with van der Waals surface area (Å²) < 4.78 is 31.7. The number of hydrogen-bond donors (Lipinski definition) is 1. The van der Waals surface area contributed by atoms with Crippen molar-refractivity contribution in [2.45, 2.75) is 38.3 Å². The number of thiophene rings is 1. The van der Waals surface area contributed by atoms with Crippen LogP contribution in [0.15, 0.2) is 17.5 Å². The van der Waals surface area contributed by atoms with Gasteiger partial charge >= 0.3 is 12.1 Å². The lowest BCUT2D eigenvalue weighted by molar-refractivity contribution is -0.192. The summed E-state index contributed by atoms with van der Waals surface area (Å²) in [7, 11) is 0. The van der Waals surface area contributed by atoms with Gasteiger partial charge in [0.2, 0.25) is 0 Å². The number of piperidine rings is 1. The number of alkyl halides is 3. The predicted octanol–water partition coefficient (Wildman–Crippen LogP) is 3.72. The van der Waals surface area contributed by atoms with Crippen molar-refractivity contribution in [3.63, 3.8) is 0 Å². The number of nitrogens with zero attached hydrogens (tertiary/aromatic N) is 2. The number of carbonyl (C=O) groups excluding carboxylic acids is 1. The van der Waals surface area contributed by atoms with Gasteiger partial charge in [-0.2, -0.15) is 13.2 Å². The summed E-state index contributed by atoms with van der Waals surface area (Å²) in [5.41, 5.74) is 0.389. The lowest BCUT2D eigenvalue weighted by Gasteiger charge is -2.40. The van der Waals surface area contributed by atoms with E-state index in [-0.39, 0.29) is 5.91 Å². The molecule has 156 valence electrons. The number of carbonyl (C=O) groups is 2. The normalized spacial score (nSPS) is 25.5. The minimum atomic E-state index is -5.08. The first-order chi connectivity index (χ1) is 13.2. The third-order valence-electron chi connectivity index (χ3n) is 5.65. The van der Waals surface area contributed by atoms with Crippen LogP contribution in [0.1, 0.15) is 41.8 Å². The highest BCUT2D eigenvalue weighted by molar-refractivity contribution is 7.12. The fourth-order valence-corrected chi connectivity index (χ4v) is 4.81. The molecule has 3 aliphatic rings. The summed E-state index contributed by atoms with van der Waals surface area (Å²) in [4.78, 5) is 27.2. The molecule has 0 bridgehead atoms. The van der Waals surface area contributed by atoms with E-state index in [9.17, 15) is 18.0 Å². The molecule has 1 unspecified atom stereocenters. The van der Waals surface area contributed by atoms with E-state index in [1.54, 1.807) is 11.3 Å². The van der Waals surface area contributed by atoms with Crippen molar-refractivity contribution in [3.8, 4) is 0 Å². The molecule has 1 amide bonds. The van der Waals surface area contributed by atoms with Gasteiger partial charge < -0.3 is 14.9 Å². The quantitative estimate of drug-likeness (QED) is 0.813. The summed E-state index contributed by atoms with van der Waals surface area (Å²) in [5.74, 6) is -1.52. The SMILES string of the molecule is O=C(O)C(F)(F)F.O=C(c1cccs1)N1CCCC2(CCN(CC3CC3)C2)C1. The molecular formula is C19H25F3N2O3S. The van der Waals surface area contributed by atoms with Crippen molar-refractivity contribution in [2.24, 2.45) is 11.3 Å². The van der Waals surface area contributed by atoms with Gasteiger partial charge in [0.1, 0.15) is 0 Å².